The zero-order valence-corrected chi connectivity index (χ0v) is 31.5. The summed E-state index contributed by atoms with van der Waals surface area (Å²) in [5, 5.41) is 15.3. The number of rotatable bonds is 5. The van der Waals surface area contributed by atoms with Crippen molar-refractivity contribution in [2.24, 2.45) is 0 Å². The maximum atomic E-state index is 13.0. The van der Waals surface area contributed by atoms with E-state index in [0.29, 0.717) is 59.4 Å². The number of nitrogens with zero attached hydrogens (tertiary/aromatic N) is 3. The summed E-state index contributed by atoms with van der Waals surface area (Å²) in [6, 6.07) is 37.6. The largest absolute Gasteiger partial charge is 0.354 e. The molecule has 0 unspecified atom stereocenters. The number of hydrogen-bond donors (Lipinski definition) is 2. The molecule has 0 saturated heterocycles. The van der Waals surface area contributed by atoms with Gasteiger partial charge in [0.2, 0.25) is 0 Å². The Hall–Kier alpha value is -5.96. The lowest BCUT2D eigenvalue weighted by molar-refractivity contribution is -0.374. The maximum absolute atomic E-state index is 13.0. The third-order valence-corrected chi connectivity index (χ3v) is 10.6. The number of nitrogens with one attached hydrogen (secondary N) is 2. The van der Waals surface area contributed by atoms with Crippen molar-refractivity contribution in [2.75, 3.05) is 0 Å². The van der Waals surface area contributed by atoms with E-state index >= 15 is 0 Å². The lowest BCUT2D eigenvalue weighted by Gasteiger charge is -2.07. The van der Waals surface area contributed by atoms with E-state index in [1.54, 1.807) is 24.3 Å². The average Bonchev–Trinajstić information content (AvgIpc) is 4.01. The summed E-state index contributed by atoms with van der Waals surface area (Å²) in [6.07, 6.45) is 5.36. The second kappa shape index (κ2) is 14.0. The van der Waals surface area contributed by atoms with Crippen LogP contribution in [0.4, 0.5) is 0 Å². The molecule has 0 amide bonds. The first-order valence-corrected chi connectivity index (χ1v) is 18.6. The molecule has 0 fully saturated rings. The summed E-state index contributed by atoms with van der Waals surface area (Å²) in [6.45, 7) is 0. The van der Waals surface area contributed by atoms with Crippen LogP contribution in [-0.2, 0) is 0 Å². The molecule has 55 heavy (non-hydrogen) atoms. The van der Waals surface area contributed by atoms with Crippen LogP contribution in [0.2, 0.25) is 20.1 Å². The lowest BCUT2D eigenvalue weighted by Crippen LogP contribution is -1.98. The van der Waals surface area contributed by atoms with E-state index in [-0.39, 0.29) is 11.4 Å². The molecule has 2 aliphatic heterocycles. The fraction of sp³-hybridized carbons (Fsp3) is 0. The van der Waals surface area contributed by atoms with Crippen LogP contribution < -0.4 is 0 Å². The molecule has 0 radical (unpaired) electrons. The fourth-order valence-electron chi connectivity index (χ4n) is 7.08. The molecule has 9 rings (SSSR count). The normalized spacial score (nSPS) is 12.2. The molecular formula is C44H25Cl4N5O2. The Morgan fingerprint density at radius 3 is 1.25 bits per heavy atom. The first kappa shape index (κ1) is 34.8. The number of H-pyrrole nitrogens is 2. The number of aromatic amines is 2. The van der Waals surface area contributed by atoms with Gasteiger partial charge < -0.3 is 9.97 Å². The molecule has 0 spiro atoms. The highest BCUT2D eigenvalue weighted by atomic mass is 35.5. The van der Waals surface area contributed by atoms with Gasteiger partial charge in [-0.2, -0.15) is 0 Å². The van der Waals surface area contributed by atoms with Gasteiger partial charge in [0, 0.05) is 70.5 Å². The van der Waals surface area contributed by atoms with Crippen LogP contribution in [0.5, 0.6) is 0 Å². The molecular weight excluding hydrogens is 772 g/mol. The van der Waals surface area contributed by atoms with Gasteiger partial charge in [0.05, 0.1) is 22.0 Å². The zero-order chi connectivity index (χ0) is 37.8. The van der Waals surface area contributed by atoms with Crippen LogP contribution in [0.25, 0.3) is 90.5 Å². The average molecular weight is 798 g/mol. The molecule has 266 valence electrons. The van der Waals surface area contributed by atoms with E-state index in [1.165, 1.54) is 6.08 Å². The molecule has 2 aliphatic rings. The van der Waals surface area contributed by atoms with Crippen molar-refractivity contribution in [1.82, 2.24) is 19.9 Å². The molecule has 0 aliphatic carbocycles. The minimum absolute atomic E-state index is 0.164. The molecule has 2 N–H and O–H groups in total. The Labute approximate surface area is 334 Å². The Morgan fingerprint density at radius 1 is 0.436 bits per heavy atom. The van der Waals surface area contributed by atoms with Gasteiger partial charge in [-0.05, 0) is 107 Å². The van der Waals surface area contributed by atoms with Crippen molar-refractivity contribution in [3.05, 3.63) is 174 Å². The maximum Gasteiger partial charge on any atom is 0.297 e. The van der Waals surface area contributed by atoms with Crippen molar-refractivity contribution in [2.45, 2.75) is 0 Å². The van der Waals surface area contributed by atoms with E-state index in [2.05, 4.69) is 9.97 Å². The number of aromatic nitrogens is 4. The van der Waals surface area contributed by atoms with Crippen LogP contribution >= 0.6 is 46.4 Å². The van der Waals surface area contributed by atoms with E-state index in [0.717, 1.165) is 44.4 Å². The van der Waals surface area contributed by atoms with Crippen LogP contribution in [0.3, 0.4) is 0 Å². The zero-order valence-electron chi connectivity index (χ0n) is 28.4. The summed E-state index contributed by atoms with van der Waals surface area (Å²) in [5.41, 5.74) is 10.7. The molecule has 0 atom stereocenters. The fourth-order valence-corrected chi connectivity index (χ4v) is 7.59. The Morgan fingerprint density at radius 2 is 0.800 bits per heavy atom. The van der Waals surface area contributed by atoms with E-state index in [9.17, 15) is 10.1 Å². The highest BCUT2D eigenvalue weighted by Crippen LogP contribution is 2.41. The molecule has 4 aromatic carbocycles. The molecule has 5 heterocycles. The highest BCUT2D eigenvalue weighted by molar-refractivity contribution is 6.31. The van der Waals surface area contributed by atoms with Crippen LogP contribution in [0, 0.1) is 10.1 Å². The number of nitro groups is 1. The third-order valence-electron chi connectivity index (χ3n) is 9.57. The highest BCUT2D eigenvalue weighted by Gasteiger charge is 2.29. The molecule has 0 saturated carbocycles. The number of hydrogen-bond acceptors (Lipinski definition) is 4. The van der Waals surface area contributed by atoms with Gasteiger partial charge in [0.15, 0.2) is 5.69 Å². The Kier molecular flexibility index (Phi) is 8.87. The van der Waals surface area contributed by atoms with Gasteiger partial charge in [-0.3, -0.25) is 10.1 Å². The van der Waals surface area contributed by atoms with E-state index < -0.39 is 4.92 Å². The summed E-state index contributed by atoms with van der Waals surface area (Å²) in [4.78, 5) is 30.2. The summed E-state index contributed by atoms with van der Waals surface area (Å²) >= 11 is 25.4. The molecule has 11 heteroatoms. The van der Waals surface area contributed by atoms with Gasteiger partial charge >= 0.3 is 0 Å². The quantitative estimate of drug-likeness (QED) is 0.134. The van der Waals surface area contributed by atoms with Crippen molar-refractivity contribution >= 4 is 92.4 Å². The Bertz CT molecular complexity index is 2910. The SMILES string of the molecule is O=[N+]([O-])C1=Cc2nc1c(-c1ccc(Cl)cc1)c1ccc([nH]1)c(-c1ccc(Cl)cc1)c1ccc([nH]1)c(-c1ccc(Cl)cc1)c1nc(c2-c2ccc(Cl)cc2)C=C1. The van der Waals surface area contributed by atoms with E-state index in [4.69, 9.17) is 56.4 Å². The number of halogens is 4. The summed E-state index contributed by atoms with van der Waals surface area (Å²) < 4.78 is 0. The van der Waals surface area contributed by atoms with Crippen molar-refractivity contribution in [3.8, 4) is 44.5 Å². The minimum atomic E-state index is -0.402. The van der Waals surface area contributed by atoms with Gasteiger partial charge in [-0.1, -0.05) is 94.9 Å². The Balaban J connectivity index is 1.51. The predicted molar refractivity (Wildman–Crippen MR) is 227 cm³/mol. The van der Waals surface area contributed by atoms with Gasteiger partial charge in [-0.15, -0.1) is 0 Å². The first-order valence-electron chi connectivity index (χ1n) is 17.1. The second-order valence-corrected chi connectivity index (χ2v) is 14.7. The summed E-state index contributed by atoms with van der Waals surface area (Å²) in [7, 11) is 0. The minimum Gasteiger partial charge on any atom is -0.354 e. The van der Waals surface area contributed by atoms with Crippen molar-refractivity contribution in [1.29, 1.82) is 0 Å². The molecule has 7 nitrogen and oxygen atoms in total. The van der Waals surface area contributed by atoms with Gasteiger partial charge in [0.25, 0.3) is 5.70 Å². The lowest BCUT2D eigenvalue weighted by atomic mass is 10.0. The smallest absolute Gasteiger partial charge is 0.297 e. The van der Waals surface area contributed by atoms with Crippen molar-refractivity contribution in [3.63, 3.8) is 0 Å². The van der Waals surface area contributed by atoms with Crippen molar-refractivity contribution < 1.29 is 4.92 Å². The predicted octanol–water partition coefficient (Wildman–Crippen LogP) is 13.5. The standard InChI is InChI=1S/C44H25Cl4N5O2/c45-28-9-1-24(2-10-28)40-32-17-18-33(49-32)41(25-3-11-29(46)12-4-25)35-21-22-37(51-35)43(27-7-15-31(48)16-8-27)44-39(53(54)55)23-38(52-44)42(36-20-19-34(40)50-36)26-5-13-30(47)14-6-26/h1-23,49,51H. The topological polar surface area (TPSA) is 100 Å². The van der Waals surface area contributed by atoms with Crippen LogP contribution in [-0.4, -0.2) is 24.9 Å². The van der Waals surface area contributed by atoms with Crippen LogP contribution in [0.1, 0.15) is 22.8 Å². The monoisotopic (exact) mass is 795 g/mol. The number of benzene rings is 4. The van der Waals surface area contributed by atoms with Crippen LogP contribution in [0.15, 0.2) is 121 Å². The number of fused-ring (bicyclic) bond motifs is 8. The first-order chi connectivity index (χ1) is 26.7. The van der Waals surface area contributed by atoms with E-state index in [1.807, 2.05) is 109 Å². The van der Waals surface area contributed by atoms with Gasteiger partial charge in [-0.25, -0.2) is 9.97 Å². The van der Waals surface area contributed by atoms with Gasteiger partial charge in [0.1, 0.15) is 0 Å². The second-order valence-electron chi connectivity index (χ2n) is 12.9. The summed E-state index contributed by atoms with van der Waals surface area (Å²) in [5.74, 6) is 0. The third kappa shape index (κ3) is 6.51. The molecule has 3 aromatic heterocycles. The molecule has 8 bridgehead atoms. The molecule has 7 aromatic rings.